The third kappa shape index (κ3) is 4.56. The molecule has 0 spiro atoms. The first-order valence-electron chi connectivity index (χ1n) is 11.6. The summed E-state index contributed by atoms with van der Waals surface area (Å²) < 4.78 is 17.6. The van der Waals surface area contributed by atoms with E-state index in [1.165, 1.54) is 0 Å². The summed E-state index contributed by atoms with van der Waals surface area (Å²) in [5.74, 6) is 1.09. The Morgan fingerprint density at radius 1 is 0.939 bits per heavy atom. The molecule has 1 aliphatic heterocycles. The second-order valence-corrected chi connectivity index (χ2v) is 10.1. The van der Waals surface area contributed by atoms with Crippen LogP contribution in [0.1, 0.15) is 64.5 Å². The SMILES string of the molecule is CN(C(=O)OC(C)(C)C)C1CCC(OC(=O)C2(C)c3ccccc3Oc3ccccc32)CC1. The highest BCUT2D eigenvalue weighted by Gasteiger charge is 2.46. The Hall–Kier alpha value is -3.02. The summed E-state index contributed by atoms with van der Waals surface area (Å²) in [5, 5.41) is 0. The number of hydrogen-bond acceptors (Lipinski definition) is 5. The van der Waals surface area contributed by atoms with Crippen LogP contribution in [-0.4, -0.2) is 41.8 Å². The van der Waals surface area contributed by atoms with Gasteiger partial charge in [0.05, 0.1) is 0 Å². The average Bonchev–Trinajstić information content (AvgIpc) is 2.78. The van der Waals surface area contributed by atoms with Gasteiger partial charge in [-0.05, 0) is 65.5 Å². The number of esters is 1. The summed E-state index contributed by atoms with van der Waals surface area (Å²) in [5.41, 5.74) is 0.151. The van der Waals surface area contributed by atoms with Crippen molar-refractivity contribution in [1.29, 1.82) is 0 Å². The number of carbonyl (C=O) groups excluding carboxylic acids is 2. The maximum Gasteiger partial charge on any atom is 0.410 e. The summed E-state index contributed by atoms with van der Waals surface area (Å²) in [6.07, 6.45) is 2.45. The number of benzene rings is 2. The minimum Gasteiger partial charge on any atom is -0.461 e. The van der Waals surface area contributed by atoms with E-state index in [2.05, 4.69) is 0 Å². The Morgan fingerprint density at radius 2 is 1.45 bits per heavy atom. The van der Waals surface area contributed by atoms with E-state index in [-0.39, 0.29) is 24.2 Å². The van der Waals surface area contributed by atoms with E-state index in [9.17, 15) is 9.59 Å². The van der Waals surface area contributed by atoms with E-state index in [0.29, 0.717) is 24.3 Å². The third-order valence-electron chi connectivity index (χ3n) is 6.63. The van der Waals surface area contributed by atoms with Gasteiger partial charge in [0.1, 0.15) is 28.6 Å². The van der Waals surface area contributed by atoms with Gasteiger partial charge in [-0.2, -0.15) is 0 Å². The summed E-state index contributed by atoms with van der Waals surface area (Å²) in [7, 11) is 1.78. The van der Waals surface area contributed by atoms with Gasteiger partial charge >= 0.3 is 12.1 Å². The molecule has 0 saturated heterocycles. The van der Waals surface area contributed by atoms with Crippen molar-refractivity contribution >= 4 is 12.1 Å². The predicted molar refractivity (Wildman–Crippen MR) is 126 cm³/mol. The molecule has 0 radical (unpaired) electrons. The fourth-order valence-corrected chi connectivity index (χ4v) is 4.72. The quantitative estimate of drug-likeness (QED) is 0.550. The number of hydrogen-bond donors (Lipinski definition) is 0. The molecule has 6 nitrogen and oxygen atoms in total. The van der Waals surface area contributed by atoms with Gasteiger partial charge in [0, 0.05) is 24.2 Å². The molecule has 2 aromatic carbocycles. The molecule has 1 aliphatic carbocycles. The van der Waals surface area contributed by atoms with Gasteiger partial charge in [-0.15, -0.1) is 0 Å². The van der Waals surface area contributed by atoms with Crippen molar-refractivity contribution < 1.29 is 23.8 Å². The van der Waals surface area contributed by atoms with Crippen LogP contribution in [0, 0.1) is 0 Å². The number of para-hydroxylation sites is 2. The molecule has 4 rings (SSSR count). The molecule has 1 fully saturated rings. The van der Waals surface area contributed by atoms with E-state index in [1.807, 2.05) is 76.2 Å². The summed E-state index contributed by atoms with van der Waals surface area (Å²) in [4.78, 5) is 27.7. The third-order valence-corrected chi connectivity index (χ3v) is 6.63. The first-order chi connectivity index (χ1) is 15.6. The van der Waals surface area contributed by atoms with Gasteiger partial charge in [0.15, 0.2) is 0 Å². The zero-order valence-corrected chi connectivity index (χ0v) is 20.1. The fourth-order valence-electron chi connectivity index (χ4n) is 4.72. The first kappa shape index (κ1) is 23.1. The molecule has 0 bridgehead atoms. The molecule has 176 valence electrons. The normalized spacial score (nSPS) is 21.1. The van der Waals surface area contributed by atoms with Crippen LogP contribution in [-0.2, 0) is 19.7 Å². The number of fused-ring (bicyclic) bond motifs is 2. The lowest BCUT2D eigenvalue weighted by Gasteiger charge is -2.38. The highest BCUT2D eigenvalue weighted by molar-refractivity contribution is 5.90. The largest absolute Gasteiger partial charge is 0.461 e. The Morgan fingerprint density at radius 3 is 1.97 bits per heavy atom. The Bertz CT molecular complexity index is 987. The van der Waals surface area contributed by atoms with Crippen LogP contribution < -0.4 is 4.74 Å². The molecule has 2 aliphatic rings. The standard InChI is InChI=1S/C27H33NO5/c1-26(2,3)33-25(30)28(5)18-14-16-19(17-15-18)31-24(29)27(4)20-10-6-8-12-22(20)32-23-13-9-7-11-21(23)27/h6-13,18-19H,14-17H2,1-5H3. The molecule has 33 heavy (non-hydrogen) atoms. The number of ether oxygens (including phenoxy) is 3. The molecular formula is C27H33NO5. The monoisotopic (exact) mass is 451 g/mol. The summed E-state index contributed by atoms with van der Waals surface area (Å²) in [6, 6.07) is 15.3. The van der Waals surface area contributed by atoms with Crippen molar-refractivity contribution in [2.24, 2.45) is 0 Å². The lowest BCUT2D eigenvalue weighted by atomic mass is 9.74. The Labute approximate surface area is 195 Å². The summed E-state index contributed by atoms with van der Waals surface area (Å²) in [6.45, 7) is 7.50. The Kier molecular flexibility index (Phi) is 6.12. The fraction of sp³-hybridized carbons (Fsp3) is 0.481. The van der Waals surface area contributed by atoms with Crippen LogP contribution >= 0.6 is 0 Å². The average molecular weight is 452 g/mol. The first-order valence-corrected chi connectivity index (χ1v) is 11.6. The smallest absolute Gasteiger partial charge is 0.410 e. The molecular weight excluding hydrogens is 418 g/mol. The highest BCUT2D eigenvalue weighted by atomic mass is 16.6. The van der Waals surface area contributed by atoms with Crippen molar-refractivity contribution in [2.45, 2.75) is 76.5 Å². The second kappa shape index (κ2) is 8.73. The predicted octanol–water partition coefficient (Wildman–Crippen LogP) is 5.82. The zero-order chi connectivity index (χ0) is 23.8. The minimum atomic E-state index is -0.949. The molecule has 0 unspecified atom stereocenters. The van der Waals surface area contributed by atoms with Gasteiger partial charge in [0.2, 0.25) is 0 Å². The van der Waals surface area contributed by atoms with Gasteiger partial charge < -0.3 is 19.1 Å². The van der Waals surface area contributed by atoms with Gasteiger partial charge in [-0.1, -0.05) is 36.4 Å². The molecule has 0 N–H and O–H groups in total. The van der Waals surface area contributed by atoms with Crippen LogP contribution in [0.3, 0.4) is 0 Å². The summed E-state index contributed by atoms with van der Waals surface area (Å²) >= 11 is 0. The van der Waals surface area contributed by atoms with Crippen molar-refractivity contribution in [3.05, 3.63) is 59.7 Å². The zero-order valence-electron chi connectivity index (χ0n) is 20.1. The van der Waals surface area contributed by atoms with Gasteiger partial charge in [0.25, 0.3) is 0 Å². The molecule has 1 saturated carbocycles. The van der Waals surface area contributed by atoms with Crippen LogP contribution in [0.25, 0.3) is 0 Å². The van der Waals surface area contributed by atoms with E-state index < -0.39 is 11.0 Å². The molecule has 1 amide bonds. The molecule has 0 aromatic heterocycles. The van der Waals surface area contributed by atoms with Crippen molar-refractivity contribution in [3.8, 4) is 11.5 Å². The van der Waals surface area contributed by atoms with Crippen LogP contribution in [0.5, 0.6) is 11.5 Å². The number of nitrogens with zero attached hydrogens (tertiary/aromatic N) is 1. The van der Waals surface area contributed by atoms with Crippen molar-refractivity contribution in [1.82, 2.24) is 4.90 Å². The van der Waals surface area contributed by atoms with E-state index in [0.717, 1.165) is 24.0 Å². The molecule has 6 heteroatoms. The maximum atomic E-state index is 13.6. The number of carbonyl (C=O) groups is 2. The number of rotatable bonds is 3. The highest BCUT2D eigenvalue weighted by Crippen LogP contribution is 2.48. The molecule has 2 aromatic rings. The molecule has 1 heterocycles. The van der Waals surface area contributed by atoms with Crippen molar-refractivity contribution in [2.75, 3.05) is 7.05 Å². The minimum absolute atomic E-state index is 0.0786. The maximum absolute atomic E-state index is 13.6. The Balaban J connectivity index is 1.46. The van der Waals surface area contributed by atoms with Gasteiger partial charge in [-0.25, -0.2) is 4.79 Å². The lowest BCUT2D eigenvalue weighted by Crippen LogP contribution is -2.44. The van der Waals surface area contributed by atoms with Crippen LogP contribution in [0.15, 0.2) is 48.5 Å². The van der Waals surface area contributed by atoms with E-state index in [1.54, 1.807) is 11.9 Å². The van der Waals surface area contributed by atoms with Crippen molar-refractivity contribution in [3.63, 3.8) is 0 Å². The topological polar surface area (TPSA) is 65.1 Å². The van der Waals surface area contributed by atoms with Crippen LogP contribution in [0.4, 0.5) is 4.79 Å². The second-order valence-electron chi connectivity index (χ2n) is 10.1. The van der Waals surface area contributed by atoms with E-state index in [4.69, 9.17) is 14.2 Å². The van der Waals surface area contributed by atoms with Crippen LogP contribution in [0.2, 0.25) is 0 Å². The number of amides is 1. The van der Waals surface area contributed by atoms with Gasteiger partial charge in [-0.3, -0.25) is 4.79 Å². The molecule has 0 atom stereocenters. The lowest BCUT2D eigenvalue weighted by molar-refractivity contribution is -0.156. The van der Waals surface area contributed by atoms with E-state index >= 15 is 0 Å².